The fourth-order valence-corrected chi connectivity index (χ4v) is 3.09. The fourth-order valence-electron chi connectivity index (χ4n) is 2.19. The van der Waals surface area contributed by atoms with Crippen molar-refractivity contribution in [2.24, 2.45) is 0 Å². The average Bonchev–Trinajstić information content (AvgIpc) is 2.94. The lowest BCUT2D eigenvalue weighted by Crippen LogP contribution is -2.30. The maximum Gasteiger partial charge on any atom is 0.406 e. The lowest BCUT2D eigenvalue weighted by molar-refractivity contribution is -0.140. The molecule has 0 atom stereocenters. The van der Waals surface area contributed by atoms with Crippen molar-refractivity contribution in [3.05, 3.63) is 51.2 Å². The van der Waals surface area contributed by atoms with Gasteiger partial charge in [0.05, 0.1) is 16.1 Å². The van der Waals surface area contributed by atoms with Crippen molar-refractivity contribution in [2.75, 3.05) is 0 Å². The van der Waals surface area contributed by atoms with E-state index in [4.69, 9.17) is 11.6 Å². The number of benzene rings is 1. The van der Waals surface area contributed by atoms with E-state index >= 15 is 0 Å². The third kappa shape index (κ3) is 2.86. The number of alkyl halides is 3. The highest BCUT2D eigenvalue weighted by atomic mass is 35.5. The summed E-state index contributed by atoms with van der Waals surface area (Å²) in [4.78, 5) is 16.6. The summed E-state index contributed by atoms with van der Waals surface area (Å²) in [6.45, 7) is -1.39. The van der Waals surface area contributed by atoms with Gasteiger partial charge in [0.2, 0.25) is 0 Å². The molecule has 0 amide bonds. The van der Waals surface area contributed by atoms with Crippen LogP contribution in [0.3, 0.4) is 0 Å². The first-order chi connectivity index (χ1) is 10.3. The molecular weight excluding hydrogens is 337 g/mol. The number of rotatable bonds is 2. The zero-order valence-corrected chi connectivity index (χ0v) is 12.5. The van der Waals surface area contributed by atoms with Gasteiger partial charge in [-0.2, -0.15) is 18.2 Å². The Morgan fingerprint density at radius 3 is 2.68 bits per heavy atom. The lowest BCUT2D eigenvalue weighted by Gasteiger charge is -2.14. The largest absolute Gasteiger partial charge is 0.406 e. The van der Waals surface area contributed by atoms with Crippen LogP contribution in [0.15, 0.2) is 40.5 Å². The summed E-state index contributed by atoms with van der Waals surface area (Å²) in [5, 5.41) is 2.58. The Kier molecular flexibility index (Phi) is 3.70. The molecule has 3 nitrogen and oxygen atoms in total. The molecule has 0 saturated heterocycles. The Bertz CT molecular complexity index is 887. The van der Waals surface area contributed by atoms with Gasteiger partial charge in [-0.3, -0.25) is 4.57 Å². The van der Waals surface area contributed by atoms with Gasteiger partial charge < -0.3 is 0 Å². The molecular formula is C14H8ClF3N2OS. The summed E-state index contributed by atoms with van der Waals surface area (Å²) in [5.74, 6) is 0. The number of nitrogens with zero attached hydrogens (tertiary/aromatic N) is 2. The van der Waals surface area contributed by atoms with Crippen LogP contribution in [0.4, 0.5) is 13.2 Å². The Hall–Kier alpha value is -1.86. The molecule has 8 heteroatoms. The summed E-state index contributed by atoms with van der Waals surface area (Å²) in [6, 6.07) is 7.91. The smallest absolute Gasteiger partial charge is 0.283 e. The van der Waals surface area contributed by atoms with Gasteiger partial charge in [0.1, 0.15) is 6.54 Å². The van der Waals surface area contributed by atoms with E-state index < -0.39 is 18.4 Å². The Morgan fingerprint density at radius 1 is 1.27 bits per heavy atom. The van der Waals surface area contributed by atoms with Crippen LogP contribution in [0.25, 0.3) is 21.5 Å². The van der Waals surface area contributed by atoms with Crippen molar-refractivity contribution in [2.45, 2.75) is 12.7 Å². The van der Waals surface area contributed by atoms with Crippen molar-refractivity contribution >= 4 is 33.8 Å². The second kappa shape index (κ2) is 5.40. The van der Waals surface area contributed by atoms with Crippen LogP contribution in [0.2, 0.25) is 5.02 Å². The molecule has 22 heavy (non-hydrogen) atoms. The second-order valence-corrected chi connectivity index (χ2v) is 5.97. The SMILES string of the molecule is O=c1nc(-c2cccs2)c2cc(Cl)ccc2n1CC(F)(F)F. The Labute approximate surface area is 131 Å². The zero-order valence-electron chi connectivity index (χ0n) is 10.9. The molecule has 0 aliphatic rings. The van der Waals surface area contributed by atoms with Crippen LogP contribution < -0.4 is 5.69 Å². The predicted octanol–water partition coefficient (Wildman–Crippen LogP) is 4.34. The fraction of sp³-hybridized carbons (Fsp3) is 0.143. The van der Waals surface area contributed by atoms with Gasteiger partial charge in [0.15, 0.2) is 0 Å². The lowest BCUT2D eigenvalue weighted by atomic mass is 10.1. The minimum Gasteiger partial charge on any atom is -0.283 e. The molecule has 3 rings (SSSR count). The van der Waals surface area contributed by atoms with Gasteiger partial charge in [0, 0.05) is 10.4 Å². The third-order valence-corrected chi connectivity index (χ3v) is 4.15. The molecule has 2 heterocycles. The molecule has 1 aromatic carbocycles. The summed E-state index contributed by atoms with van der Waals surface area (Å²) < 4.78 is 38.7. The van der Waals surface area contributed by atoms with Gasteiger partial charge in [0.25, 0.3) is 0 Å². The first kappa shape index (κ1) is 15.1. The topological polar surface area (TPSA) is 34.9 Å². The van der Waals surface area contributed by atoms with E-state index in [1.54, 1.807) is 17.5 Å². The van der Waals surface area contributed by atoms with Crippen molar-refractivity contribution in [1.82, 2.24) is 9.55 Å². The monoisotopic (exact) mass is 344 g/mol. The summed E-state index contributed by atoms with van der Waals surface area (Å²) in [6.07, 6.45) is -4.51. The number of halogens is 4. The minimum atomic E-state index is -4.51. The first-order valence-corrected chi connectivity index (χ1v) is 7.42. The van der Waals surface area contributed by atoms with Crippen molar-refractivity contribution in [3.8, 4) is 10.6 Å². The van der Waals surface area contributed by atoms with Gasteiger partial charge in [-0.1, -0.05) is 17.7 Å². The van der Waals surface area contributed by atoms with Crippen molar-refractivity contribution in [3.63, 3.8) is 0 Å². The predicted molar refractivity (Wildman–Crippen MR) is 80.4 cm³/mol. The highest BCUT2D eigenvalue weighted by molar-refractivity contribution is 7.13. The molecule has 0 saturated carbocycles. The average molecular weight is 345 g/mol. The number of aromatic nitrogens is 2. The normalized spacial score (nSPS) is 12.0. The van der Waals surface area contributed by atoms with Crippen molar-refractivity contribution in [1.29, 1.82) is 0 Å². The summed E-state index contributed by atoms with van der Waals surface area (Å²) in [5.41, 5.74) is -0.434. The zero-order chi connectivity index (χ0) is 15.9. The van der Waals surface area contributed by atoms with Crippen molar-refractivity contribution < 1.29 is 13.2 Å². The molecule has 0 aliphatic carbocycles. The summed E-state index contributed by atoms with van der Waals surface area (Å²) >= 11 is 7.29. The van der Waals surface area contributed by atoms with Gasteiger partial charge in [-0.25, -0.2) is 4.79 Å². The maximum atomic E-state index is 12.7. The molecule has 0 unspecified atom stereocenters. The van der Waals surface area contributed by atoms with E-state index in [9.17, 15) is 18.0 Å². The van der Waals surface area contributed by atoms with Gasteiger partial charge >= 0.3 is 11.9 Å². The van der Waals surface area contributed by atoms with E-state index in [1.807, 2.05) is 0 Å². The molecule has 0 N–H and O–H groups in total. The Balaban J connectivity index is 2.35. The van der Waals surface area contributed by atoms with Gasteiger partial charge in [-0.05, 0) is 29.6 Å². The number of thiophene rings is 1. The van der Waals surface area contributed by atoms with Crippen LogP contribution >= 0.6 is 22.9 Å². The highest BCUT2D eigenvalue weighted by Crippen LogP contribution is 2.31. The van der Waals surface area contributed by atoms with E-state index in [2.05, 4.69) is 4.98 Å². The number of hydrogen-bond acceptors (Lipinski definition) is 3. The molecule has 0 spiro atoms. The highest BCUT2D eigenvalue weighted by Gasteiger charge is 2.30. The van der Waals surface area contributed by atoms with E-state index in [-0.39, 0.29) is 5.52 Å². The second-order valence-electron chi connectivity index (χ2n) is 4.58. The molecule has 114 valence electrons. The van der Waals surface area contributed by atoms with Crippen LogP contribution in [0.1, 0.15) is 0 Å². The summed E-state index contributed by atoms with van der Waals surface area (Å²) in [7, 11) is 0. The van der Waals surface area contributed by atoms with Crippen LogP contribution in [0.5, 0.6) is 0 Å². The standard InChI is InChI=1S/C14H8ClF3N2OS/c15-8-3-4-10-9(6-8)12(11-2-1-5-22-11)19-13(21)20(10)7-14(16,17)18/h1-6H,7H2. The number of fused-ring (bicyclic) bond motifs is 1. The maximum absolute atomic E-state index is 12.7. The molecule has 2 aromatic heterocycles. The van der Waals surface area contributed by atoms with Gasteiger partial charge in [-0.15, -0.1) is 11.3 Å². The quantitative estimate of drug-likeness (QED) is 0.693. The minimum absolute atomic E-state index is 0.158. The van der Waals surface area contributed by atoms with Crippen LogP contribution in [0, 0.1) is 0 Å². The van der Waals surface area contributed by atoms with Crippen LogP contribution in [-0.4, -0.2) is 15.7 Å². The Morgan fingerprint density at radius 2 is 2.05 bits per heavy atom. The first-order valence-electron chi connectivity index (χ1n) is 6.16. The van der Waals surface area contributed by atoms with E-state index in [0.29, 0.717) is 25.5 Å². The molecule has 0 fully saturated rings. The van der Waals surface area contributed by atoms with E-state index in [1.165, 1.54) is 29.5 Å². The molecule has 0 radical (unpaired) electrons. The molecule has 0 aliphatic heterocycles. The molecule has 0 bridgehead atoms. The van der Waals surface area contributed by atoms with Crippen LogP contribution in [-0.2, 0) is 6.54 Å². The number of hydrogen-bond donors (Lipinski definition) is 0. The third-order valence-electron chi connectivity index (χ3n) is 3.03. The van der Waals surface area contributed by atoms with E-state index in [0.717, 1.165) is 0 Å². The molecule has 3 aromatic rings.